The Kier molecular flexibility index (Phi) is 4.13. The summed E-state index contributed by atoms with van der Waals surface area (Å²) >= 11 is 0. The van der Waals surface area contributed by atoms with Crippen LogP contribution in [-0.4, -0.2) is 22.1 Å². The average molecular weight is 373 g/mol. The van der Waals surface area contributed by atoms with Crippen molar-refractivity contribution in [1.29, 1.82) is 0 Å². The molecule has 3 rings (SSSR count). The SMILES string of the molecule is O=C(Nc1cnccc1-c1cc2cc(C(F)(F)F)ccc2[nH]1)C(F)(F)F. The molecule has 4 nitrogen and oxygen atoms in total. The minimum atomic E-state index is -5.09. The van der Waals surface area contributed by atoms with Gasteiger partial charge in [-0.2, -0.15) is 26.3 Å². The molecule has 1 aromatic carbocycles. The summed E-state index contributed by atoms with van der Waals surface area (Å²) < 4.78 is 75.7. The Balaban J connectivity index is 2.03. The Labute approximate surface area is 141 Å². The average Bonchev–Trinajstić information content (AvgIpc) is 2.96. The zero-order valence-corrected chi connectivity index (χ0v) is 12.7. The monoisotopic (exact) mass is 373 g/mol. The molecule has 1 amide bonds. The number of aromatic amines is 1. The first-order valence-electron chi connectivity index (χ1n) is 7.08. The van der Waals surface area contributed by atoms with E-state index in [-0.39, 0.29) is 22.3 Å². The minimum absolute atomic E-state index is 0.155. The van der Waals surface area contributed by atoms with Crippen LogP contribution in [0.4, 0.5) is 32.0 Å². The van der Waals surface area contributed by atoms with Gasteiger partial charge in [-0.25, -0.2) is 0 Å². The summed E-state index contributed by atoms with van der Waals surface area (Å²) in [6.07, 6.45) is -7.31. The Hall–Kier alpha value is -3.04. The number of carbonyl (C=O) groups is 1. The van der Waals surface area contributed by atoms with Crippen LogP contribution in [0.1, 0.15) is 5.56 Å². The van der Waals surface area contributed by atoms with Crippen LogP contribution in [0, 0.1) is 0 Å². The lowest BCUT2D eigenvalue weighted by molar-refractivity contribution is -0.167. The first-order valence-corrected chi connectivity index (χ1v) is 7.08. The highest BCUT2D eigenvalue weighted by atomic mass is 19.4. The second-order valence-corrected chi connectivity index (χ2v) is 5.36. The predicted molar refractivity (Wildman–Crippen MR) is 81.2 cm³/mol. The molecule has 0 spiro atoms. The van der Waals surface area contributed by atoms with Gasteiger partial charge in [-0.3, -0.25) is 9.78 Å². The molecule has 0 aliphatic carbocycles. The highest BCUT2D eigenvalue weighted by Gasteiger charge is 2.39. The zero-order chi connectivity index (χ0) is 19.1. The standard InChI is InChI=1S/C16H9F6N3O/c17-15(18,19)9-1-2-11-8(5-9)6-12(24-11)10-3-4-23-7-13(10)25-14(26)16(20,21)22/h1-7,24H,(H,25,26). The number of alkyl halides is 6. The number of amides is 1. The minimum Gasteiger partial charge on any atom is -0.354 e. The summed E-state index contributed by atoms with van der Waals surface area (Å²) in [5.41, 5.74) is -0.326. The lowest BCUT2D eigenvalue weighted by Gasteiger charge is -2.11. The van der Waals surface area contributed by atoms with Gasteiger partial charge < -0.3 is 10.3 Å². The van der Waals surface area contributed by atoms with Gasteiger partial charge in [0.15, 0.2) is 0 Å². The number of nitrogens with zero attached hydrogens (tertiary/aromatic N) is 1. The molecule has 0 unspecified atom stereocenters. The summed E-state index contributed by atoms with van der Waals surface area (Å²) in [6.45, 7) is 0. The van der Waals surface area contributed by atoms with E-state index in [1.807, 2.05) is 0 Å². The number of pyridine rings is 1. The topological polar surface area (TPSA) is 57.8 Å². The maximum atomic E-state index is 12.8. The highest BCUT2D eigenvalue weighted by Crippen LogP contribution is 2.34. The number of H-pyrrole nitrogens is 1. The maximum Gasteiger partial charge on any atom is 0.471 e. The van der Waals surface area contributed by atoms with E-state index in [1.54, 1.807) is 5.32 Å². The normalized spacial score (nSPS) is 12.4. The molecule has 0 atom stereocenters. The van der Waals surface area contributed by atoms with Crippen LogP contribution in [0.2, 0.25) is 0 Å². The molecule has 26 heavy (non-hydrogen) atoms. The molecular weight excluding hydrogens is 364 g/mol. The Bertz CT molecular complexity index is 974. The van der Waals surface area contributed by atoms with Crippen molar-refractivity contribution >= 4 is 22.5 Å². The number of nitrogens with one attached hydrogen (secondary N) is 2. The van der Waals surface area contributed by atoms with Gasteiger partial charge in [-0.05, 0) is 30.3 Å². The van der Waals surface area contributed by atoms with Crippen molar-refractivity contribution in [2.45, 2.75) is 12.4 Å². The first kappa shape index (κ1) is 17.8. The van der Waals surface area contributed by atoms with Crippen LogP contribution in [0.3, 0.4) is 0 Å². The van der Waals surface area contributed by atoms with Crippen LogP contribution in [0.5, 0.6) is 0 Å². The van der Waals surface area contributed by atoms with Crippen LogP contribution in [0.15, 0.2) is 42.7 Å². The molecule has 0 saturated heterocycles. The summed E-state index contributed by atoms with van der Waals surface area (Å²) in [6, 6.07) is 5.72. The van der Waals surface area contributed by atoms with E-state index in [1.165, 1.54) is 24.4 Å². The van der Waals surface area contributed by atoms with Gasteiger partial charge in [0.25, 0.3) is 0 Å². The van der Waals surface area contributed by atoms with Crippen LogP contribution >= 0.6 is 0 Å². The number of carbonyl (C=O) groups excluding carboxylic acids is 1. The largest absolute Gasteiger partial charge is 0.471 e. The summed E-state index contributed by atoms with van der Waals surface area (Å²) in [7, 11) is 0. The third-order valence-electron chi connectivity index (χ3n) is 3.56. The fourth-order valence-electron chi connectivity index (χ4n) is 2.38. The highest BCUT2D eigenvalue weighted by molar-refractivity contribution is 5.99. The van der Waals surface area contributed by atoms with Crippen LogP contribution in [-0.2, 0) is 11.0 Å². The van der Waals surface area contributed by atoms with E-state index >= 15 is 0 Å². The van der Waals surface area contributed by atoms with Crippen LogP contribution < -0.4 is 5.32 Å². The van der Waals surface area contributed by atoms with Crippen LogP contribution in [0.25, 0.3) is 22.2 Å². The van der Waals surface area contributed by atoms with Crippen molar-refractivity contribution in [3.05, 3.63) is 48.3 Å². The van der Waals surface area contributed by atoms with Gasteiger partial charge >= 0.3 is 18.3 Å². The summed E-state index contributed by atoms with van der Waals surface area (Å²) in [5, 5.41) is 1.92. The number of rotatable bonds is 2. The number of halogens is 6. The van der Waals surface area contributed by atoms with Gasteiger partial charge in [0.1, 0.15) is 0 Å². The van der Waals surface area contributed by atoms with Gasteiger partial charge in [0.05, 0.1) is 17.4 Å². The molecule has 2 heterocycles. The van der Waals surface area contributed by atoms with Gasteiger partial charge in [-0.15, -0.1) is 0 Å². The van der Waals surface area contributed by atoms with Crippen molar-refractivity contribution in [2.75, 3.05) is 5.32 Å². The van der Waals surface area contributed by atoms with Crippen molar-refractivity contribution in [3.8, 4) is 11.3 Å². The third-order valence-corrected chi connectivity index (χ3v) is 3.56. The van der Waals surface area contributed by atoms with Crippen molar-refractivity contribution < 1.29 is 31.1 Å². The smallest absolute Gasteiger partial charge is 0.354 e. The second-order valence-electron chi connectivity index (χ2n) is 5.36. The number of benzene rings is 1. The Morgan fingerprint density at radius 1 is 1.04 bits per heavy atom. The Morgan fingerprint density at radius 3 is 2.42 bits per heavy atom. The predicted octanol–water partition coefficient (Wildman–Crippen LogP) is 4.75. The number of hydrogen-bond acceptors (Lipinski definition) is 2. The number of fused-ring (bicyclic) bond motifs is 1. The molecule has 2 N–H and O–H groups in total. The molecule has 0 fully saturated rings. The molecule has 0 aliphatic rings. The van der Waals surface area contributed by atoms with E-state index in [0.717, 1.165) is 18.3 Å². The molecule has 3 aromatic rings. The van der Waals surface area contributed by atoms with E-state index < -0.39 is 23.8 Å². The zero-order valence-electron chi connectivity index (χ0n) is 12.7. The third kappa shape index (κ3) is 3.48. The molecule has 2 aromatic heterocycles. The molecule has 0 bridgehead atoms. The van der Waals surface area contributed by atoms with E-state index in [0.29, 0.717) is 5.52 Å². The molecule has 0 saturated carbocycles. The Morgan fingerprint density at radius 2 is 1.77 bits per heavy atom. The molecular formula is C16H9F6N3O. The lowest BCUT2D eigenvalue weighted by atomic mass is 10.1. The maximum absolute atomic E-state index is 12.8. The summed E-state index contributed by atoms with van der Waals surface area (Å²) in [4.78, 5) is 17.6. The van der Waals surface area contributed by atoms with Crippen molar-refractivity contribution in [1.82, 2.24) is 9.97 Å². The molecule has 0 radical (unpaired) electrons. The first-order chi connectivity index (χ1) is 12.1. The summed E-state index contributed by atoms with van der Waals surface area (Å²) in [5.74, 6) is -2.18. The number of hydrogen-bond donors (Lipinski definition) is 2. The van der Waals surface area contributed by atoms with Gasteiger partial charge in [0.2, 0.25) is 0 Å². The lowest BCUT2D eigenvalue weighted by Crippen LogP contribution is -2.30. The number of anilines is 1. The van der Waals surface area contributed by atoms with Crippen molar-refractivity contribution in [3.63, 3.8) is 0 Å². The second kappa shape index (κ2) is 6.04. The molecule has 0 aliphatic heterocycles. The van der Waals surface area contributed by atoms with Gasteiger partial charge in [0, 0.05) is 28.4 Å². The fourth-order valence-corrected chi connectivity index (χ4v) is 2.38. The van der Waals surface area contributed by atoms with Gasteiger partial charge in [-0.1, -0.05) is 0 Å². The number of aromatic nitrogens is 2. The van der Waals surface area contributed by atoms with E-state index in [9.17, 15) is 31.1 Å². The fraction of sp³-hybridized carbons (Fsp3) is 0.125. The quantitative estimate of drug-likeness (QED) is 0.637. The molecule has 10 heteroatoms. The van der Waals surface area contributed by atoms with E-state index in [4.69, 9.17) is 0 Å². The van der Waals surface area contributed by atoms with Crippen molar-refractivity contribution in [2.24, 2.45) is 0 Å². The van der Waals surface area contributed by atoms with E-state index in [2.05, 4.69) is 9.97 Å². The molecule has 136 valence electrons.